The normalized spacial score (nSPS) is 12.7. The molecule has 0 bridgehead atoms. The Hall–Kier alpha value is -2.93. The fourth-order valence-electron chi connectivity index (χ4n) is 2.18. The molecule has 0 fully saturated rings. The molecule has 1 unspecified atom stereocenters. The van der Waals surface area contributed by atoms with Crippen LogP contribution < -0.4 is 0 Å². The third kappa shape index (κ3) is 3.29. The number of rotatable bonds is 5. The molecule has 0 aliphatic heterocycles. The van der Waals surface area contributed by atoms with Gasteiger partial charge in [-0.25, -0.2) is 9.18 Å². The number of nitriles is 1. The summed E-state index contributed by atoms with van der Waals surface area (Å²) in [5, 5.41) is 9.39. The maximum absolute atomic E-state index is 14.4. The Kier molecular flexibility index (Phi) is 4.92. The number of halogens is 1. The highest BCUT2D eigenvalue weighted by atomic mass is 19.1. The fraction of sp³-hybridized carbons (Fsp3) is 0.158. The molecule has 0 aromatic heterocycles. The van der Waals surface area contributed by atoms with Crippen LogP contribution >= 0.6 is 0 Å². The zero-order valence-corrected chi connectivity index (χ0v) is 12.8. The third-order valence-electron chi connectivity index (χ3n) is 3.60. The Bertz CT molecular complexity index is 765. The van der Waals surface area contributed by atoms with Crippen molar-refractivity contribution in [2.45, 2.75) is 12.3 Å². The van der Waals surface area contributed by atoms with Crippen molar-refractivity contribution in [2.24, 2.45) is 0 Å². The number of hydrogen-bond acceptors (Lipinski definition) is 3. The van der Waals surface area contributed by atoms with E-state index in [2.05, 4.69) is 6.58 Å². The maximum Gasteiger partial charge on any atom is 0.331 e. The van der Waals surface area contributed by atoms with E-state index < -0.39 is 17.2 Å². The number of esters is 1. The van der Waals surface area contributed by atoms with Gasteiger partial charge in [0.1, 0.15) is 12.4 Å². The van der Waals surface area contributed by atoms with Crippen molar-refractivity contribution in [3.63, 3.8) is 0 Å². The number of carbonyl (C=O) groups is 1. The van der Waals surface area contributed by atoms with E-state index in [4.69, 9.17) is 4.74 Å². The molecular weight excluding hydrogens is 293 g/mol. The van der Waals surface area contributed by atoms with Gasteiger partial charge < -0.3 is 4.74 Å². The smallest absolute Gasteiger partial charge is 0.331 e. The SMILES string of the molecule is C=CCOC(=O)C(C)(C#N)c1ccc(-c2ccccc2)c(F)c1. The standard InChI is InChI=1S/C19H16FNO2/c1-3-11-23-18(22)19(2,13-21)15-9-10-16(17(20)12-15)14-7-5-4-6-8-14/h3-10,12H,1,11H2,2H3. The first kappa shape index (κ1) is 16.4. The van der Waals surface area contributed by atoms with Crippen LogP contribution in [0, 0.1) is 17.1 Å². The fourth-order valence-corrected chi connectivity index (χ4v) is 2.18. The van der Waals surface area contributed by atoms with Crippen molar-refractivity contribution in [1.29, 1.82) is 5.26 Å². The lowest BCUT2D eigenvalue weighted by Gasteiger charge is -2.20. The second kappa shape index (κ2) is 6.89. The van der Waals surface area contributed by atoms with Crippen LogP contribution in [-0.2, 0) is 14.9 Å². The van der Waals surface area contributed by atoms with Crippen molar-refractivity contribution < 1.29 is 13.9 Å². The lowest BCUT2D eigenvalue weighted by molar-refractivity contribution is -0.146. The molecule has 0 spiro atoms. The average Bonchev–Trinajstić information content (AvgIpc) is 2.59. The quantitative estimate of drug-likeness (QED) is 0.619. The molecule has 1 atom stereocenters. The van der Waals surface area contributed by atoms with Crippen LogP contribution in [0.4, 0.5) is 4.39 Å². The summed E-state index contributed by atoms with van der Waals surface area (Å²) < 4.78 is 19.4. The Labute approximate surface area is 134 Å². The summed E-state index contributed by atoms with van der Waals surface area (Å²) in [6.45, 7) is 4.87. The maximum atomic E-state index is 14.4. The molecule has 3 nitrogen and oxygen atoms in total. The number of carbonyl (C=O) groups excluding carboxylic acids is 1. The van der Waals surface area contributed by atoms with Gasteiger partial charge >= 0.3 is 5.97 Å². The summed E-state index contributed by atoms with van der Waals surface area (Å²) in [7, 11) is 0. The van der Waals surface area contributed by atoms with E-state index in [0.29, 0.717) is 5.56 Å². The van der Waals surface area contributed by atoms with Crippen LogP contribution in [0.3, 0.4) is 0 Å². The van der Waals surface area contributed by atoms with Crippen LogP contribution in [-0.4, -0.2) is 12.6 Å². The van der Waals surface area contributed by atoms with E-state index in [1.807, 2.05) is 24.3 Å². The lowest BCUT2D eigenvalue weighted by Crippen LogP contribution is -2.33. The van der Waals surface area contributed by atoms with Crippen molar-refractivity contribution in [3.8, 4) is 17.2 Å². The molecule has 0 saturated heterocycles. The van der Waals surface area contributed by atoms with Crippen molar-refractivity contribution in [3.05, 3.63) is 72.6 Å². The highest BCUT2D eigenvalue weighted by Gasteiger charge is 2.37. The van der Waals surface area contributed by atoms with Crippen molar-refractivity contribution in [1.82, 2.24) is 0 Å². The molecule has 0 amide bonds. The van der Waals surface area contributed by atoms with Crippen LogP contribution in [0.25, 0.3) is 11.1 Å². The van der Waals surface area contributed by atoms with Gasteiger partial charge in [0.25, 0.3) is 0 Å². The summed E-state index contributed by atoms with van der Waals surface area (Å²) in [5.41, 5.74) is -0.177. The first-order chi connectivity index (χ1) is 11.0. The van der Waals surface area contributed by atoms with Crippen LogP contribution in [0.2, 0.25) is 0 Å². The second-order valence-electron chi connectivity index (χ2n) is 5.18. The number of hydrogen-bond donors (Lipinski definition) is 0. The van der Waals surface area contributed by atoms with E-state index in [-0.39, 0.29) is 12.2 Å². The number of nitrogens with zero attached hydrogens (tertiary/aromatic N) is 1. The molecular formula is C19H16FNO2. The zero-order valence-electron chi connectivity index (χ0n) is 12.8. The molecule has 0 saturated carbocycles. The molecule has 0 heterocycles. The number of benzene rings is 2. The highest BCUT2D eigenvalue weighted by Crippen LogP contribution is 2.30. The zero-order chi connectivity index (χ0) is 16.9. The third-order valence-corrected chi connectivity index (χ3v) is 3.60. The lowest BCUT2D eigenvalue weighted by atomic mass is 9.83. The molecule has 23 heavy (non-hydrogen) atoms. The van der Waals surface area contributed by atoms with Gasteiger partial charge in [-0.15, -0.1) is 0 Å². The minimum absolute atomic E-state index is 0.000679. The van der Waals surface area contributed by atoms with Gasteiger partial charge in [0.2, 0.25) is 0 Å². The van der Waals surface area contributed by atoms with Gasteiger partial charge in [-0.05, 0) is 24.1 Å². The van der Waals surface area contributed by atoms with Crippen LogP contribution in [0.15, 0.2) is 61.2 Å². The van der Waals surface area contributed by atoms with Crippen molar-refractivity contribution in [2.75, 3.05) is 6.61 Å². The van der Waals surface area contributed by atoms with Crippen LogP contribution in [0.1, 0.15) is 12.5 Å². The first-order valence-electron chi connectivity index (χ1n) is 7.07. The Morgan fingerprint density at radius 3 is 2.61 bits per heavy atom. The largest absolute Gasteiger partial charge is 0.460 e. The minimum Gasteiger partial charge on any atom is -0.460 e. The predicted molar refractivity (Wildman–Crippen MR) is 86.0 cm³/mol. The molecule has 116 valence electrons. The Balaban J connectivity index is 2.40. The summed E-state index contributed by atoms with van der Waals surface area (Å²) >= 11 is 0. The van der Waals surface area contributed by atoms with Gasteiger partial charge in [0.15, 0.2) is 5.41 Å². The molecule has 0 radical (unpaired) electrons. The van der Waals surface area contributed by atoms with E-state index in [1.54, 1.807) is 24.3 Å². The molecule has 2 aromatic carbocycles. The molecule has 0 aliphatic rings. The van der Waals surface area contributed by atoms with Crippen molar-refractivity contribution >= 4 is 5.97 Å². The van der Waals surface area contributed by atoms with Gasteiger partial charge in [-0.1, -0.05) is 55.1 Å². The van der Waals surface area contributed by atoms with Gasteiger partial charge in [0.05, 0.1) is 6.07 Å². The molecule has 2 rings (SSSR count). The molecule has 0 N–H and O–H groups in total. The molecule has 2 aromatic rings. The van der Waals surface area contributed by atoms with E-state index in [0.717, 1.165) is 5.56 Å². The summed E-state index contributed by atoms with van der Waals surface area (Å²) in [6.07, 6.45) is 1.41. The van der Waals surface area contributed by atoms with E-state index >= 15 is 0 Å². The first-order valence-corrected chi connectivity index (χ1v) is 7.07. The highest BCUT2D eigenvalue weighted by molar-refractivity contribution is 5.86. The topological polar surface area (TPSA) is 50.1 Å². The summed E-state index contributed by atoms with van der Waals surface area (Å²) in [5.74, 6) is -1.22. The minimum atomic E-state index is -1.57. The number of ether oxygens (including phenoxy) is 1. The van der Waals surface area contributed by atoms with Crippen LogP contribution in [0.5, 0.6) is 0 Å². The van der Waals surface area contributed by atoms with Gasteiger partial charge in [-0.3, -0.25) is 0 Å². The second-order valence-corrected chi connectivity index (χ2v) is 5.18. The van der Waals surface area contributed by atoms with E-state index in [1.165, 1.54) is 19.1 Å². The average molecular weight is 309 g/mol. The molecule has 0 aliphatic carbocycles. The van der Waals surface area contributed by atoms with Gasteiger partial charge in [0, 0.05) is 5.56 Å². The predicted octanol–water partition coefficient (Wildman–Crippen LogP) is 4.00. The van der Waals surface area contributed by atoms with Gasteiger partial charge in [-0.2, -0.15) is 5.26 Å². The van der Waals surface area contributed by atoms with E-state index in [9.17, 15) is 14.4 Å². The summed E-state index contributed by atoms with van der Waals surface area (Å²) in [6, 6.07) is 15.3. The Morgan fingerprint density at radius 2 is 2.04 bits per heavy atom. The Morgan fingerprint density at radius 1 is 1.35 bits per heavy atom. The summed E-state index contributed by atoms with van der Waals surface area (Å²) in [4.78, 5) is 12.1. The molecule has 4 heteroatoms. The monoisotopic (exact) mass is 309 g/mol.